The van der Waals surface area contributed by atoms with E-state index in [4.69, 9.17) is 9.73 Å². The molecule has 0 radical (unpaired) electrons. The monoisotopic (exact) mass is 451 g/mol. The van der Waals surface area contributed by atoms with Gasteiger partial charge in [-0.15, -0.1) is 0 Å². The molecule has 0 bridgehead atoms. The molecule has 6 rings (SSSR count). The van der Waals surface area contributed by atoms with E-state index in [-0.39, 0.29) is 11.6 Å². The van der Waals surface area contributed by atoms with Gasteiger partial charge in [0, 0.05) is 36.7 Å². The van der Waals surface area contributed by atoms with Gasteiger partial charge in [-0.25, -0.2) is 9.79 Å². The second kappa shape index (κ2) is 7.12. The second-order valence-corrected chi connectivity index (χ2v) is 8.71. The van der Waals surface area contributed by atoms with Crippen LogP contribution < -0.4 is 16.0 Å². The molecule has 4 aromatic rings. The molecule has 7 nitrogen and oxygen atoms in total. The van der Waals surface area contributed by atoms with Crippen molar-refractivity contribution >= 4 is 28.1 Å². The van der Waals surface area contributed by atoms with Crippen molar-refractivity contribution in [2.75, 3.05) is 7.11 Å². The molecular weight excluding hydrogens is 430 g/mol. The van der Waals surface area contributed by atoms with Crippen molar-refractivity contribution in [3.05, 3.63) is 104 Å². The minimum atomic E-state index is -0.699. The number of hydrogen-bond donors (Lipinski definition) is 0. The Morgan fingerprint density at radius 2 is 1.50 bits per heavy atom. The Hall–Kier alpha value is -4.26. The number of aromatic nitrogens is 2. The van der Waals surface area contributed by atoms with Crippen LogP contribution >= 0.6 is 0 Å². The summed E-state index contributed by atoms with van der Waals surface area (Å²) in [6, 6.07) is 19.0. The van der Waals surface area contributed by atoms with Crippen LogP contribution in [-0.2, 0) is 14.1 Å². The number of carbonyl (C=O) groups is 1. The molecule has 0 unspecified atom stereocenters. The predicted molar refractivity (Wildman–Crippen MR) is 130 cm³/mol. The highest BCUT2D eigenvalue weighted by Crippen LogP contribution is 2.50. The summed E-state index contributed by atoms with van der Waals surface area (Å²) in [7, 11) is 4.63. The fourth-order valence-electron chi connectivity index (χ4n) is 5.45. The third-order valence-electron chi connectivity index (χ3n) is 7.05. The smallest absolute Gasteiger partial charge is 0.332 e. The zero-order valence-electron chi connectivity index (χ0n) is 18.9. The lowest BCUT2D eigenvalue weighted by Gasteiger charge is -2.31. The number of ether oxygens (including phenoxy) is 1. The summed E-state index contributed by atoms with van der Waals surface area (Å²) in [5, 5.41) is 1.85. The molecule has 1 aliphatic carbocycles. The fraction of sp³-hybridized carbons (Fsp3) is 0.185. The van der Waals surface area contributed by atoms with Crippen molar-refractivity contribution in [2.24, 2.45) is 25.0 Å². The van der Waals surface area contributed by atoms with Crippen LogP contribution in [0.4, 0.5) is 5.82 Å². The standard InChI is InChI=1S/C27H21N3O4/c1-29-25-22(26(32)30(2)27(29)33)20(19-15-9-5-4-8-14(15)12-13-18(19)34-3)21-23(28-25)16-10-6-7-11-17(16)24(21)31/h4-13,20-21H,1-3H3/t20-,21+/m1/s1. The number of hydrogen-bond acceptors (Lipinski definition) is 5. The van der Waals surface area contributed by atoms with Crippen molar-refractivity contribution in [1.29, 1.82) is 0 Å². The third-order valence-corrected chi connectivity index (χ3v) is 7.05. The number of rotatable bonds is 2. The number of Topliss-reactive ketones (excluding diaryl/α,β-unsaturated/α-hetero) is 1. The first-order chi connectivity index (χ1) is 16.4. The van der Waals surface area contributed by atoms with E-state index in [0.717, 1.165) is 26.5 Å². The Labute approximate surface area is 194 Å². The van der Waals surface area contributed by atoms with E-state index in [9.17, 15) is 14.4 Å². The average Bonchev–Trinajstić information content (AvgIpc) is 3.16. The minimum Gasteiger partial charge on any atom is -0.496 e. The summed E-state index contributed by atoms with van der Waals surface area (Å²) in [6.07, 6.45) is 0. The normalized spacial score (nSPS) is 18.3. The fourth-order valence-corrected chi connectivity index (χ4v) is 5.45. The van der Waals surface area contributed by atoms with Gasteiger partial charge in [-0.3, -0.25) is 18.7 Å². The molecule has 0 fully saturated rings. The van der Waals surface area contributed by atoms with Crippen LogP contribution in [0.15, 0.2) is 75.2 Å². The van der Waals surface area contributed by atoms with Gasteiger partial charge >= 0.3 is 5.69 Å². The first-order valence-corrected chi connectivity index (χ1v) is 11.0. The Morgan fingerprint density at radius 1 is 0.794 bits per heavy atom. The molecule has 0 amide bonds. The zero-order chi connectivity index (χ0) is 23.7. The van der Waals surface area contributed by atoms with Crippen molar-refractivity contribution in [3.63, 3.8) is 0 Å². The topological polar surface area (TPSA) is 82.7 Å². The molecular formula is C27H21N3O4. The van der Waals surface area contributed by atoms with E-state index in [1.807, 2.05) is 54.6 Å². The minimum absolute atomic E-state index is 0.0871. The Balaban J connectivity index is 1.80. The third kappa shape index (κ3) is 2.52. The van der Waals surface area contributed by atoms with Gasteiger partial charge in [0.15, 0.2) is 5.78 Å². The van der Waals surface area contributed by atoms with Crippen LogP contribution in [0, 0.1) is 5.92 Å². The maximum absolute atomic E-state index is 13.8. The number of methoxy groups -OCH3 is 1. The average molecular weight is 451 g/mol. The van der Waals surface area contributed by atoms with Crippen LogP contribution in [0.2, 0.25) is 0 Å². The summed E-state index contributed by atoms with van der Waals surface area (Å²) in [5.74, 6) is -0.598. The highest BCUT2D eigenvalue weighted by Gasteiger charge is 2.49. The van der Waals surface area contributed by atoms with E-state index >= 15 is 0 Å². The van der Waals surface area contributed by atoms with Gasteiger partial charge in [0.05, 0.1) is 24.3 Å². The highest BCUT2D eigenvalue weighted by atomic mass is 16.5. The van der Waals surface area contributed by atoms with Crippen LogP contribution in [0.3, 0.4) is 0 Å². The predicted octanol–water partition coefficient (Wildman–Crippen LogP) is 3.32. The largest absolute Gasteiger partial charge is 0.496 e. The van der Waals surface area contributed by atoms with Crippen LogP contribution in [0.5, 0.6) is 5.75 Å². The molecule has 2 atom stereocenters. The van der Waals surface area contributed by atoms with Crippen molar-refractivity contribution in [3.8, 4) is 5.75 Å². The van der Waals surface area contributed by atoms with Gasteiger partial charge in [-0.1, -0.05) is 54.6 Å². The lowest BCUT2D eigenvalue weighted by atomic mass is 9.74. The molecule has 0 spiro atoms. The number of carbonyl (C=O) groups excluding carboxylic acids is 1. The highest BCUT2D eigenvalue weighted by molar-refractivity contribution is 6.30. The van der Waals surface area contributed by atoms with E-state index < -0.39 is 23.1 Å². The molecule has 34 heavy (non-hydrogen) atoms. The number of aliphatic imine (C=N–C) groups is 1. The number of ketones is 1. The molecule has 0 saturated heterocycles. The van der Waals surface area contributed by atoms with Gasteiger partial charge in [0.25, 0.3) is 5.56 Å². The van der Waals surface area contributed by atoms with Gasteiger partial charge in [0.1, 0.15) is 11.6 Å². The van der Waals surface area contributed by atoms with E-state index in [1.165, 1.54) is 11.6 Å². The second-order valence-electron chi connectivity index (χ2n) is 8.71. The van der Waals surface area contributed by atoms with Gasteiger partial charge < -0.3 is 4.74 Å². The van der Waals surface area contributed by atoms with Crippen molar-refractivity contribution in [1.82, 2.24) is 9.13 Å². The van der Waals surface area contributed by atoms with E-state index in [2.05, 4.69) is 0 Å². The van der Waals surface area contributed by atoms with Crippen LogP contribution in [-0.4, -0.2) is 27.7 Å². The molecule has 0 saturated carbocycles. The first-order valence-electron chi connectivity index (χ1n) is 11.0. The Bertz CT molecular complexity index is 1690. The van der Waals surface area contributed by atoms with Crippen LogP contribution in [0.25, 0.3) is 10.8 Å². The van der Waals surface area contributed by atoms with Gasteiger partial charge in [-0.05, 0) is 16.8 Å². The first kappa shape index (κ1) is 20.4. The van der Waals surface area contributed by atoms with Crippen molar-refractivity contribution < 1.29 is 9.53 Å². The van der Waals surface area contributed by atoms with Crippen molar-refractivity contribution in [2.45, 2.75) is 5.92 Å². The lowest BCUT2D eigenvalue weighted by Crippen LogP contribution is -2.43. The summed E-state index contributed by atoms with van der Waals surface area (Å²) in [4.78, 5) is 45.0. The SMILES string of the molecule is COc1ccc2ccccc2c1[C@H]1c2c(n(C)c(=O)n(C)c2=O)N=C2c3ccccc3C(=O)[C@H]21. The molecule has 7 heteroatoms. The number of benzene rings is 3. The Kier molecular flexibility index (Phi) is 4.26. The quantitative estimate of drug-likeness (QED) is 0.468. The molecule has 3 aromatic carbocycles. The zero-order valence-corrected chi connectivity index (χ0v) is 18.9. The molecule has 1 aliphatic heterocycles. The molecule has 1 aromatic heterocycles. The van der Waals surface area contributed by atoms with Gasteiger partial charge in [-0.2, -0.15) is 0 Å². The number of nitrogens with zero attached hydrogens (tertiary/aromatic N) is 3. The molecule has 2 heterocycles. The molecule has 2 aliphatic rings. The molecule has 168 valence electrons. The van der Waals surface area contributed by atoms with E-state index in [1.54, 1.807) is 20.2 Å². The maximum Gasteiger partial charge on any atom is 0.332 e. The number of fused-ring (bicyclic) bond motifs is 5. The maximum atomic E-state index is 13.8. The molecule has 0 N–H and O–H groups in total. The summed E-state index contributed by atoms with van der Waals surface area (Å²) < 4.78 is 8.24. The Morgan fingerprint density at radius 3 is 2.26 bits per heavy atom. The summed E-state index contributed by atoms with van der Waals surface area (Å²) in [5.41, 5.74) is 2.05. The van der Waals surface area contributed by atoms with E-state index in [0.29, 0.717) is 22.6 Å². The summed E-state index contributed by atoms with van der Waals surface area (Å²) >= 11 is 0. The van der Waals surface area contributed by atoms with Gasteiger partial charge in [0.2, 0.25) is 0 Å². The summed E-state index contributed by atoms with van der Waals surface area (Å²) in [6.45, 7) is 0. The lowest BCUT2D eigenvalue weighted by molar-refractivity contribution is 0.0953. The van der Waals surface area contributed by atoms with Crippen LogP contribution in [0.1, 0.15) is 33.0 Å².